The maximum absolute atomic E-state index is 14.0. The molecule has 0 spiro atoms. The van der Waals surface area contributed by atoms with E-state index in [1.54, 1.807) is 12.2 Å². The summed E-state index contributed by atoms with van der Waals surface area (Å²) in [6.07, 6.45) is 2.33. The fourth-order valence-corrected chi connectivity index (χ4v) is 8.27. The fourth-order valence-electron chi connectivity index (χ4n) is 8.27. The SMILES string of the molecule is COc1c(CN2O[C@@H](CO)[C@@H](CO)[C@H]2C(=O)N[C@H]2C[C@H]3C[C@H]([C@@H]2C)C3(C)C)cccc1-c1cc(C(=O)NCCC(C)C)cc(N(C)C)c1. The molecule has 2 amide bonds. The van der Waals surface area contributed by atoms with E-state index in [4.69, 9.17) is 9.57 Å². The molecular formula is C38H56N4O6. The summed E-state index contributed by atoms with van der Waals surface area (Å²) in [5.41, 5.74) is 4.12. The summed E-state index contributed by atoms with van der Waals surface area (Å²) in [7, 11) is 5.49. The van der Waals surface area contributed by atoms with Crippen molar-refractivity contribution in [2.75, 3.05) is 45.9 Å². The number of methoxy groups -OCH3 is 1. The lowest BCUT2D eigenvalue weighted by Crippen LogP contribution is -2.62. The minimum atomic E-state index is -0.794. The highest BCUT2D eigenvalue weighted by molar-refractivity contribution is 5.97. The zero-order valence-corrected chi connectivity index (χ0v) is 30.0. The van der Waals surface area contributed by atoms with E-state index in [9.17, 15) is 19.8 Å². The first-order chi connectivity index (χ1) is 22.8. The van der Waals surface area contributed by atoms with Gasteiger partial charge in [-0.1, -0.05) is 52.8 Å². The maximum atomic E-state index is 14.0. The third-order valence-corrected chi connectivity index (χ3v) is 11.4. The zero-order valence-electron chi connectivity index (χ0n) is 30.0. The van der Waals surface area contributed by atoms with Gasteiger partial charge < -0.3 is 30.5 Å². The topological polar surface area (TPSA) is 124 Å². The molecule has 0 radical (unpaired) electrons. The lowest BCUT2D eigenvalue weighted by Gasteiger charge is -2.62. The number of aliphatic hydroxyl groups excluding tert-OH is 2. The van der Waals surface area contributed by atoms with Gasteiger partial charge in [0.25, 0.3) is 5.91 Å². The molecule has 3 saturated carbocycles. The molecule has 48 heavy (non-hydrogen) atoms. The van der Waals surface area contributed by atoms with Crippen LogP contribution in [0.25, 0.3) is 11.1 Å². The quantitative estimate of drug-likeness (QED) is 0.247. The van der Waals surface area contributed by atoms with E-state index in [1.165, 1.54) is 6.42 Å². The van der Waals surface area contributed by atoms with Gasteiger partial charge in [-0.2, -0.15) is 5.06 Å². The molecule has 1 saturated heterocycles. The van der Waals surface area contributed by atoms with Crippen LogP contribution in [0.1, 0.15) is 69.8 Å². The number of rotatable bonds is 13. The largest absolute Gasteiger partial charge is 0.496 e. The van der Waals surface area contributed by atoms with Crippen LogP contribution in [0.3, 0.4) is 0 Å². The van der Waals surface area contributed by atoms with Crippen LogP contribution in [0.2, 0.25) is 0 Å². The number of aliphatic hydroxyl groups is 2. The maximum Gasteiger partial charge on any atom is 0.251 e. The number of ether oxygens (including phenoxy) is 1. The second kappa shape index (κ2) is 14.7. The van der Waals surface area contributed by atoms with E-state index in [1.807, 2.05) is 55.4 Å². The predicted molar refractivity (Wildman–Crippen MR) is 188 cm³/mol. The van der Waals surface area contributed by atoms with Gasteiger partial charge in [0.2, 0.25) is 5.91 Å². The molecule has 2 aromatic rings. The molecule has 6 rings (SSSR count). The van der Waals surface area contributed by atoms with E-state index in [-0.39, 0.29) is 37.6 Å². The first kappa shape index (κ1) is 36.1. The molecule has 2 aromatic carbocycles. The van der Waals surface area contributed by atoms with Crippen LogP contribution in [-0.2, 0) is 16.2 Å². The number of hydrogen-bond donors (Lipinski definition) is 4. The van der Waals surface area contributed by atoms with Gasteiger partial charge in [0.15, 0.2) is 0 Å². The smallest absolute Gasteiger partial charge is 0.251 e. The Labute approximate surface area is 286 Å². The number of fused-ring (bicyclic) bond motifs is 2. The van der Waals surface area contributed by atoms with Crippen molar-refractivity contribution >= 4 is 17.5 Å². The van der Waals surface area contributed by atoms with E-state index in [0.29, 0.717) is 46.9 Å². The predicted octanol–water partition coefficient (Wildman–Crippen LogP) is 4.48. The van der Waals surface area contributed by atoms with Crippen LogP contribution >= 0.6 is 0 Å². The average Bonchev–Trinajstić information content (AvgIpc) is 3.41. The Morgan fingerprint density at radius 1 is 1.12 bits per heavy atom. The monoisotopic (exact) mass is 664 g/mol. The summed E-state index contributed by atoms with van der Waals surface area (Å²) in [5.74, 6) is 1.67. The summed E-state index contributed by atoms with van der Waals surface area (Å²) in [5, 5.41) is 28.5. The highest BCUT2D eigenvalue weighted by Gasteiger charge is 2.57. The zero-order chi connectivity index (χ0) is 34.9. The van der Waals surface area contributed by atoms with Gasteiger partial charge in [-0.05, 0) is 72.1 Å². The first-order valence-corrected chi connectivity index (χ1v) is 17.5. The number of nitrogens with zero attached hydrogens (tertiary/aromatic N) is 2. The van der Waals surface area contributed by atoms with Crippen molar-refractivity contribution in [1.29, 1.82) is 0 Å². The van der Waals surface area contributed by atoms with Crippen LogP contribution in [0.4, 0.5) is 5.69 Å². The Morgan fingerprint density at radius 3 is 2.48 bits per heavy atom. The molecule has 0 unspecified atom stereocenters. The molecule has 4 aliphatic rings. The van der Waals surface area contributed by atoms with Gasteiger partial charge in [0.05, 0.1) is 26.9 Å². The number of carbonyl (C=O) groups excluding carboxylic acids is 2. The molecule has 0 aromatic heterocycles. The Balaban J connectivity index is 1.42. The molecule has 10 nitrogen and oxygen atoms in total. The first-order valence-electron chi connectivity index (χ1n) is 17.5. The molecule has 4 N–H and O–H groups in total. The molecular weight excluding hydrogens is 608 g/mol. The van der Waals surface area contributed by atoms with Gasteiger partial charge in [0.1, 0.15) is 17.9 Å². The van der Waals surface area contributed by atoms with Gasteiger partial charge in [0, 0.05) is 55.0 Å². The summed E-state index contributed by atoms with van der Waals surface area (Å²) >= 11 is 0. The normalized spacial score (nSPS) is 27.8. The van der Waals surface area contributed by atoms with Crippen LogP contribution in [-0.4, -0.2) is 86.2 Å². The van der Waals surface area contributed by atoms with Crippen molar-refractivity contribution in [3.05, 3.63) is 47.5 Å². The summed E-state index contributed by atoms with van der Waals surface area (Å²) in [6.45, 7) is 11.3. The number of amides is 2. The van der Waals surface area contributed by atoms with Crippen molar-refractivity contribution in [3.63, 3.8) is 0 Å². The van der Waals surface area contributed by atoms with Gasteiger partial charge in [-0.25, -0.2) is 0 Å². The lowest BCUT2D eigenvalue weighted by atomic mass is 9.45. The fraction of sp³-hybridized carbons (Fsp3) is 0.632. The van der Waals surface area contributed by atoms with E-state index in [2.05, 4.69) is 45.3 Å². The molecule has 4 fully saturated rings. The number of nitrogens with one attached hydrogen (secondary N) is 2. The van der Waals surface area contributed by atoms with Crippen molar-refractivity contribution < 1.29 is 29.4 Å². The number of hydroxylamine groups is 2. The van der Waals surface area contributed by atoms with Crippen molar-refractivity contribution in [1.82, 2.24) is 15.7 Å². The number of anilines is 1. The van der Waals surface area contributed by atoms with E-state index in [0.717, 1.165) is 35.2 Å². The molecule has 264 valence electrons. The second-order valence-electron chi connectivity index (χ2n) is 15.4. The van der Waals surface area contributed by atoms with E-state index < -0.39 is 18.1 Å². The van der Waals surface area contributed by atoms with Gasteiger partial charge in [-0.15, -0.1) is 0 Å². The van der Waals surface area contributed by atoms with Crippen LogP contribution in [0, 0.1) is 35.0 Å². The van der Waals surface area contributed by atoms with Gasteiger partial charge in [-0.3, -0.25) is 14.4 Å². The van der Waals surface area contributed by atoms with Crippen molar-refractivity contribution in [2.45, 2.75) is 78.6 Å². The Hall–Kier alpha value is -3.18. The highest BCUT2D eigenvalue weighted by Crippen LogP contribution is 2.61. The molecule has 1 heterocycles. The number of benzene rings is 2. The molecule has 3 aliphatic carbocycles. The summed E-state index contributed by atoms with van der Waals surface area (Å²) < 4.78 is 6.01. The van der Waals surface area contributed by atoms with Crippen LogP contribution in [0.15, 0.2) is 36.4 Å². The number of carbonyl (C=O) groups is 2. The molecule has 7 atom stereocenters. The van der Waals surface area contributed by atoms with Crippen molar-refractivity contribution in [3.8, 4) is 16.9 Å². The third-order valence-electron chi connectivity index (χ3n) is 11.4. The Bertz CT molecular complexity index is 1460. The van der Waals surface area contributed by atoms with Crippen molar-refractivity contribution in [2.24, 2.45) is 35.0 Å². The standard InChI is InChI=1S/C38H56N4O6/c1-22(2)12-13-39-36(45)26-14-25(15-28(16-26)41(6)7)29-11-9-10-24(35(29)47-8)19-42-34(30(20-43)33(21-44)48-42)37(46)40-32-18-27-17-31(23(32)3)38(27,4)5/h9-11,14-16,22-23,27,30-34,43-44H,12-13,17-21H2,1-8H3,(H,39,45)(H,40,46)/t23-,27+,30+,31+,32-,33-,34-/m0/s1. The summed E-state index contributed by atoms with van der Waals surface area (Å²) in [4.78, 5) is 35.4. The molecule has 1 aliphatic heterocycles. The van der Waals surface area contributed by atoms with Crippen LogP contribution in [0.5, 0.6) is 5.75 Å². The second-order valence-corrected chi connectivity index (χ2v) is 15.4. The Kier molecular flexibility index (Phi) is 11.1. The van der Waals surface area contributed by atoms with E-state index >= 15 is 0 Å². The molecule has 10 heteroatoms. The lowest BCUT2D eigenvalue weighted by molar-refractivity contribution is -0.183. The average molecular weight is 665 g/mol. The minimum Gasteiger partial charge on any atom is -0.496 e. The number of hydrogen-bond acceptors (Lipinski definition) is 8. The molecule has 2 bridgehead atoms. The van der Waals surface area contributed by atoms with Gasteiger partial charge >= 0.3 is 0 Å². The highest BCUT2D eigenvalue weighted by atomic mass is 16.7. The summed E-state index contributed by atoms with van der Waals surface area (Å²) in [6, 6.07) is 10.9. The third kappa shape index (κ3) is 7.08. The minimum absolute atomic E-state index is 0.0576. The number of para-hydroxylation sites is 1. The van der Waals surface area contributed by atoms with Crippen LogP contribution < -0.4 is 20.3 Å². The Morgan fingerprint density at radius 2 is 1.88 bits per heavy atom.